The summed E-state index contributed by atoms with van der Waals surface area (Å²) in [5.41, 5.74) is 1.15. The molecule has 1 fully saturated rings. The van der Waals surface area contributed by atoms with Gasteiger partial charge in [0.15, 0.2) is 0 Å². The smallest absolute Gasteiger partial charge is 0.243 e. The van der Waals surface area contributed by atoms with Crippen molar-refractivity contribution < 1.29 is 8.42 Å². The second-order valence-corrected chi connectivity index (χ2v) is 9.24. The molecule has 0 aliphatic carbocycles. The molecule has 0 amide bonds. The summed E-state index contributed by atoms with van der Waals surface area (Å²) in [6, 6.07) is 12.6. The first-order valence-corrected chi connectivity index (χ1v) is 11.2. The van der Waals surface area contributed by atoms with Crippen molar-refractivity contribution in [1.82, 2.24) is 4.31 Å². The molecule has 0 N–H and O–H groups in total. The predicted octanol–water partition coefficient (Wildman–Crippen LogP) is 4.23. The molecule has 0 bridgehead atoms. The quantitative estimate of drug-likeness (QED) is 0.699. The van der Waals surface area contributed by atoms with E-state index in [1.54, 1.807) is 11.8 Å². The van der Waals surface area contributed by atoms with Crippen LogP contribution in [-0.4, -0.2) is 45.2 Å². The van der Waals surface area contributed by atoms with Gasteiger partial charge in [0.2, 0.25) is 10.0 Å². The first-order chi connectivity index (χ1) is 11.9. The van der Waals surface area contributed by atoms with Crippen LogP contribution in [0.3, 0.4) is 0 Å². The highest BCUT2D eigenvalue weighted by molar-refractivity contribution is 7.98. The molecule has 0 radical (unpaired) electrons. The molecule has 2 aromatic rings. The zero-order valence-corrected chi connectivity index (χ0v) is 16.8. The van der Waals surface area contributed by atoms with E-state index in [1.807, 2.05) is 18.4 Å². The molecule has 1 aliphatic heterocycles. The standard InChI is InChI=1S/C17H18Cl2N2O2S2/c1-24-17-5-3-2-4-16(17)20-8-10-21(11-9-20)25(22,23)13-6-7-14(18)15(19)12-13/h2-7,12H,8-11H2,1H3. The molecule has 1 aliphatic rings. The van der Waals surface area contributed by atoms with Crippen molar-refractivity contribution in [2.24, 2.45) is 0 Å². The normalized spacial score (nSPS) is 16.2. The monoisotopic (exact) mass is 416 g/mol. The van der Waals surface area contributed by atoms with E-state index in [0.29, 0.717) is 31.2 Å². The molecule has 134 valence electrons. The number of halogens is 2. The highest BCUT2D eigenvalue weighted by atomic mass is 35.5. The average Bonchev–Trinajstić information content (AvgIpc) is 2.64. The van der Waals surface area contributed by atoms with Gasteiger partial charge in [0.25, 0.3) is 0 Å². The molecule has 1 heterocycles. The number of sulfonamides is 1. The third-order valence-electron chi connectivity index (χ3n) is 4.19. The van der Waals surface area contributed by atoms with Crippen LogP contribution in [0.4, 0.5) is 5.69 Å². The van der Waals surface area contributed by atoms with Crippen LogP contribution in [0, 0.1) is 0 Å². The topological polar surface area (TPSA) is 40.6 Å². The van der Waals surface area contributed by atoms with Gasteiger partial charge in [-0.05, 0) is 36.6 Å². The van der Waals surface area contributed by atoms with Crippen LogP contribution in [0.1, 0.15) is 0 Å². The third-order valence-corrected chi connectivity index (χ3v) is 7.61. The Morgan fingerprint density at radius 3 is 2.28 bits per heavy atom. The molecular formula is C17H18Cl2N2O2S2. The summed E-state index contributed by atoms with van der Waals surface area (Å²) in [5, 5.41) is 0.592. The number of hydrogen-bond donors (Lipinski definition) is 0. The molecule has 25 heavy (non-hydrogen) atoms. The summed E-state index contributed by atoms with van der Waals surface area (Å²) in [4.78, 5) is 3.61. The Bertz CT molecular complexity index is 867. The number of hydrogen-bond acceptors (Lipinski definition) is 4. The van der Waals surface area contributed by atoms with E-state index in [1.165, 1.54) is 27.4 Å². The molecule has 4 nitrogen and oxygen atoms in total. The maximum absolute atomic E-state index is 12.8. The molecule has 0 spiro atoms. The van der Waals surface area contributed by atoms with Crippen molar-refractivity contribution >= 4 is 50.7 Å². The van der Waals surface area contributed by atoms with Crippen LogP contribution in [0.15, 0.2) is 52.3 Å². The molecule has 0 saturated carbocycles. The van der Waals surface area contributed by atoms with E-state index in [2.05, 4.69) is 17.0 Å². The number of nitrogens with zero attached hydrogens (tertiary/aromatic N) is 2. The number of thioether (sulfide) groups is 1. The first kappa shape index (κ1) is 18.9. The minimum atomic E-state index is -3.56. The summed E-state index contributed by atoms with van der Waals surface area (Å²) in [7, 11) is -3.56. The fourth-order valence-electron chi connectivity index (χ4n) is 2.85. The van der Waals surface area contributed by atoms with Gasteiger partial charge in [-0.2, -0.15) is 4.31 Å². The Kier molecular flexibility index (Phi) is 5.85. The van der Waals surface area contributed by atoms with E-state index in [-0.39, 0.29) is 9.92 Å². The lowest BCUT2D eigenvalue weighted by atomic mass is 10.2. The predicted molar refractivity (Wildman–Crippen MR) is 106 cm³/mol. The summed E-state index contributed by atoms with van der Waals surface area (Å²) in [6.45, 7) is 2.17. The summed E-state index contributed by atoms with van der Waals surface area (Å²) in [6.07, 6.45) is 2.05. The highest BCUT2D eigenvalue weighted by Gasteiger charge is 2.29. The number of benzene rings is 2. The van der Waals surface area contributed by atoms with Gasteiger partial charge in [-0.1, -0.05) is 35.3 Å². The second kappa shape index (κ2) is 7.76. The number of rotatable bonds is 4. The molecule has 8 heteroatoms. The van der Waals surface area contributed by atoms with E-state index >= 15 is 0 Å². The molecule has 0 unspecified atom stereocenters. The lowest BCUT2D eigenvalue weighted by Crippen LogP contribution is -2.48. The minimum Gasteiger partial charge on any atom is -0.368 e. The molecular weight excluding hydrogens is 399 g/mol. The van der Waals surface area contributed by atoms with Crippen molar-refractivity contribution in [2.75, 3.05) is 37.3 Å². The maximum atomic E-state index is 12.8. The largest absolute Gasteiger partial charge is 0.368 e. The molecule has 0 atom stereocenters. The van der Waals surface area contributed by atoms with Gasteiger partial charge in [0.05, 0.1) is 20.6 Å². The van der Waals surface area contributed by atoms with Crippen LogP contribution >= 0.6 is 35.0 Å². The van der Waals surface area contributed by atoms with Crippen LogP contribution in [0.5, 0.6) is 0 Å². The fourth-order valence-corrected chi connectivity index (χ4v) is 5.28. The highest BCUT2D eigenvalue weighted by Crippen LogP contribution is 2.31. The fraction of sp³-hybridized carbons (Fsp3) is 0.294. The van der Waals surface area contributed by atoms with Gasteiger partial charge in [-0.15, -0.1) is 11.8 Å². The lowest BCUT2D eigenvalue weighted by Gasteiger charge is -2.36. The van der Waals surface area contributed by atoms with Gasteiger partial charge in [0, 0.05) is 31.1 Å². The molecule has 0 aromatic heterocycles. The first-order valence-electron chi connectivity index (χ1n) is 7.76. The average molecular weight is 417 g/mol. The molecule has 3 rings (SSSR count). The number of anilines is 1. The maximum Gasteiger partial charge on any atom is 0.243 e. The second-order valence-electron chi connectivity index (χ2n) is 5.64. The van der Waals surface area contributed by atoms with Gasteiger partial charge in [-0.25, -0.2) is 8.42 Å². The Morgan fingerprint density at radius 2 is 1.64 bits per heavy atom. The van der Waals surface area contributed by atoms with Crippen LogP contribution in [-0.2, 0) is 10.0 Å². The van der Waals surface area contributed by atoms with Gasteiger partial charge in [0.1, 0.15) is 0 Å². The number of piperazine rings is 1. The van der Waals surface area contributed by atoms with Gasteiger partial charge in [-0.3, -0.25) is 0 Å². The van der Waals surface area contributed by atoms with Crippen LogP contribution in [0.2, 0.25) is 10.0 Å². The van der Waals surface area contributed by atoms with E-state index in [4.69, 9.17) is 23.2 Å². The number of para-hydroxylation sites is 1. The van der Waals surface area contributed by atoms with Crippen molar-refractivity contribution in [2.45, 2.75) is 9.79 Å². The van der Waals surface area contributed by atoms with E-state index in [0.717, 1.165) is 5.69 Å². The van der Waals surface area contributed by atoms with E-state index < -0.39 is 10.0 Å². The molecule has 2 aromatic carbocycles. The van der Waals surface area contributed by atoms with Gasteiger partial charge < -0.3 is 4.90 Å². The Balaban J connectivity index is 1.76. The van der Waals surface area contributed by atoms with Crippen LogP contribution in [0.25, 0.3) is 0 Å². The van der Waals surface area contributed by atoms with E-state index in [9.17, 15) is 8.42 Å². The Labute approximate surface area is 162 Å². The summed E-state index contributed by atoms with van der Waals surface area (Å²) < 4.78 is 27.1. The van der Waals surface area contributed by atoms with Crippen molar-refractivity contribution in [1.29, 1.82) is 0 Å². The third kappa shape index (κ3) is 3.93. The summed E-state index contributed by atoms with van der Waals surface area (Å²) >= 11 is 13.5. The Hall–Kier alpha value is -0.920. The minimum absolute atomic E-state index is 0.180. The van der Waals surface area contributed by atoms with Crippen molar-refractivity contribution in [3.05, 3.63) is 52.5 Å². The van der Waals surface area contributed by atoms with Crippen molar-refractivity contribution in [3.63, 3.8) is 0 Å². The van der Waals surface area contributed by atoms with Gasteiger partial charge >= 0.3 is 0 Å². The molecule has 1 saturated heterocycles. The summed E-state index contributed by atoms with van der Waals surface area (Å²) in [5.74, 6) is 0. The van der Waals surface area contributed by atoms with Crippen molar-refractivity contribution in [3.8, 4) is 0 Å². The lowest BCUT2D eigenvalue weighted by molar-refractivity contribution is 0.384. The van der Waals surface area contributed by atoms with Crippen LogP contribution < -0.4 is 4.90 Å². The zero-order valence-electron chi connectivity index (χ0n) is 13.7. The zero-order chi connectivity index (χ0) is 18.0. The Morgan fingerprint density at radius 1 is 0.960 bits per heavy atom. The SMILES string of the molecule is CSc1ccccc1N1CCN(S(=O)(=O)c2ccc(Cl)c(Cl)c2)CC1.